The maximum Gasteiger partial charge on any atom is 0.147 e. The number of nitrogens with zero attached hydrogens (tertiary/aromatic N) is 1. The van der Waals surface area contributed by atoms with Gasteiger partial charge in [0.05, 0.1) is 18.2 Å². The van der Waals surface area contributed by atoms with E-state index in [0.29, 0.717) is 0 Å². The van der Waals surface area contributed by atoms with Gasteiger partial charge in [0.25, 0.3) is 0 Å². The quantitative estimate of drug-likeness (QED) is 0.720. The minimum absolute atomic E-state index is 0.00292. The number of aliphatic hydroxyl groups is 2. The molecule has 1 aromatic rings. The van der Waals surface area contributed by atoms with Gasteiger partial charge in [-0.05, 0) is 6.07 Å². The van der Waals surface area contributed by atoms with Crippen molar-refractivity contribution >= 4 is 11.6 Å². The van der Waals surface area contributed by atoms with E-state index in [1.54, 1.807) is 0 Å². The van der Waals surface area contributed by atoms with E-state index in [9.17, 15) is 9.50 Å². The molecule has 13 heavy (non-hydrogen) atoms. The number of aromatic nitrogens is 1. The SMILES string of the molecule is OC(CCl)C(O)c1ccncc1F. The average molecular weight is 206 g/mol. The molecule has 0 aromatic carbocycles. The molecule has 0 spiro atoms. The minimum atomic E-state index is -1.31. The van der Waals surface area contributed by atoms with Gasteiger partial charge in [0, 0.05) is 11.8 Å². The van der Waals surface area contributed by atoms with Crippen molar-refractivity contribution < 1.29 is 14.6 Å². The number of halogens is 2. The van der Waals surface area contributed by atoms with Gasteiger partial charge in [-0.25, -0.2) is 4.39 Å². The molecule has 1 rings (SSSR count). The van der Waals surface area contributed by atoms with Gasteiger partial charge in [0.2, 0.25) is 0 Å². The van der Waals surface area contributed by atoms with Crippen LogP contribution in [-0.2, 0) is 0 Å². The highest BCUT2D eigenvalue weighted by atomic mass is 35.5. The van der Waals surface area contributed by atoms with E-state index in [2.05, 4.69) is 4.98 Å². The van der Waals surface area contributed by atoms with Gasteiger partial charge in [-0.1, -0.05) is 0 Å². The number of rotatable bonds is 3. The topological polar surface area (TPSA) is 53.4 Å². The van der Waals surface area contributed by atoms with Gasteiger partial charge in [-0.3, -0.25) is 4.98 Å². The zero-order chi connectivity index (χ0) is 9.84. The summed E-state index contributed by atoms with van der Waals surface area (Å²) in [5, 5.41) is 18.5. The minimum Gasteiger partial charge on any atom is -0.389 e. The summed E-state index contributed by atoms with van der Waals surface area (Å²) in [6, 6.07) is 1.30. The highest BCUT2D eigenvalue weighted by Gasteiger charge is 2.20. The fourth-order valence-electron chi connectivity index (χ4n) is 0.917. The number of alkyl halides is 1. The standard InChI is InChI=1S/C8H9ClFNO2/c9-3-7(12)8(13)5-1-2-11-4-6(5)10/h1-2,4,7-8,12-13H,3H2. The Kier molecular flexibility index (Phi) is 3.59. The van der Waals surface area contributed by atoms with Crippen LogP contribution in [0.2, 0.25) is 0 Å². The molecule has 2 N–H and O–H groups in total. The van der Waals surface area contributed by atoms with Crippen LogP contribution in [0.1, 0.15) is 11.7 Å². The summed E-state index contributed by atoms with van der Waals surface area (Å²) in [7, 11) is 0. The first-order chi connectivity index (χ1) is 6.16. The van der Waals surface area contributed by atoms with Gasteiger partial charge in [0.1, 0.15) is 11.9 Å². The Morgan fingerprint density at radius 3 is 2.77 bits per heavy atom. The first-order valence-electron chi connectivity index (χ1n) is 3.68. The van der Waals surface area contributed by atoms with Crippen molar-refractivity contribution in [3.63, 3.8) is 0 Å². The molecule has 0 saturated heterocycles. The van der Waals surface area contributed by atoms with E-state index in [1.807, 2.05) is 0 Å². The van der Waals surface area contributed by atoms with Crippen LogP contribution in [0.3, 0.4) is 0 Å². The van der Waals surface area contributed by atoms with E-state index >= 15 is 0 Å². The molecule has 0 aliphatic carbocycles. The Morgan fingerprint density at radius 2 is 2.23 bits per heavy atom. The van der Waals surface area contributed by atoms with Crippen molar-refractivity contribution in [3.05, 3.63) is 29.8 Å². The lowest BCUT2D eigenvalue weighted by Crippen LogP contribution is -2.20. The van der Waals surface area contributed by atoms with Gasteiger partial charge in [-0.15, -0.1) is 11.6 Å². The Bertz CT molecular complexity index is 285. The third kappa shape index (κ3) is 2.37. The first-order valence-corrected chi connectivity index (χ1v) is 4.21. The van der Waals surface area contributed by atoms with Crippen molar-refractivity contribution in [2.75, 3.05) is 5.88 Å². The summed E-state index contributed by atoms with van der Waals surface area (Å²) >= 11 is 5.30. The van der Waals surface area contributed by atoms with E-state index in [-0.39, 0.29) is 11.4 Å². The molecule has 5 heteroatoms. The third-order valence-corrected chi connectivity index (χ3v) is 1.96. The molecule has 0 aliphatic heterocycles. The molecule has 3 nitrogen and oxygen atoms in total. The smallest absolute Gasteiger partial charge is 0.147 e. The Hall–Kier alpha value is -0.710. The summed E-state index contributed by atoms with van der Waals surface area (Å²) in [4.78, 5) is 3.51. The predicted octanol–water partition coefficient (Wildman–Crippen LogP) is 0.854. The molecule has 2 atom stereocenters. The van der Waals surface area contributed by atoms with E-state index in [0.717, 1.165) is 6.20 Å². The lowest BCUT2D eigenvalue weighted by molar-refractivity contribution is 0.0304. The maximum absolute atomic E-state index is 13.0. The molecule has 2 unspecified atom stereocenters. The monoisotopic (exact) mass is 205 g/mol. The summed E-state index contributed by atoms with van der Waals surface area (Å²) in [6.07, 6.45) is -0.165. The summed E-state index contributed by atoms with van der Waals surface area (Å²) in [5.41, 5.74) is 0.00292. The lowest BCUT2D eigenvalue weighted by atomic mass is 10.1. The third-order valence-electron chi connectivity index (χ3n) is 1.65. The lowest BCUT2D eigenvalue weighted by Gasteiger charge is -2.15. The zero-order valence-corrected chi connectivity index (χ0v) is 7.45. The van der Waals surface area contributed by atoms with Gasteiger partial charge in [-0.2, -0.15) is 0 Å². The number of pyridine rings is 1. The summed E-state index contributed by atoms with van der Waals surface area (Å²) in [6.45, 7) is 0. The van der Waals surface area contributed by atoms with Crippen molar-refractivity contribution in [2.24, 2.45) is 0 Å². The predicted molar refractivity (Wildman–Crippen MR) is 45.9 cm³/mol. The van der Waals surface area contributed by atoms with Crippen molar-refractivity contribution in [1.29, 1.82) is 0 Å². The maximum atomic E-state index is 13.0. The molecule has 0 aliphatic rings. The highest BCUT2D eigenvalue weighted by Crippen LogP contribution is 2.19. The van der Waals surface area contributed by atoms with Gasteiger partial charge >= 0.3 is 0 Å². The Balaban J connectivity index is 2.88. The molecule has 0 amide bonds. The second-order valence-electron chi connectivity index (χ2n) is 2.56. The number of hydrogen-bond acceptors (Lipinski definition) is 3. The van der Waals surface area contributed by atoms with E-state index in [4.69, 9.17) is 16.7 Å². The molecule has 0 fully saturated rings. The van der Waals surface area contributed by atoms with Crippen LogP contribution in [0.25, 0.3) is 0 Å². The molecule has 0 radical (unpaired) electrons. The van der Waals surface area contributed by atoms with Crippen LogP contribution in [0.4, 0.5) is 4.39 Å². The normalized spacial score (nSPS) is 15.4. The van der Waals surface area contributed by atoms with Crippen molar-refractivity contribution in [1.82, 2.24) is 4.98 Å². The van der Waals surface area contributed by atoms with Crippen molar-refractivity contribution in [2.45, 2.75) is 12.2 Å². The second kappa shape index (κ2) is 4.50. The Morgan fingerprint density at radius 1 is 1.54 bits per heavy atom. The summed E-state index contributed by atoms with van der Waals surface area (Å²) in [5.74, 6) is -0.803. The fourth-order valence-corrected chi connectivity index (χ4v) is 1.09. The molecule has 1 heterocycles. The van der Waals surface area contributed by atoms with Crippen LogP contribution >= 0.6 is 11.6 Å². The van der Waals surface area contributed by atoms with E-state index in [1.165, 1.54) is 12.3 Å². The number of aliphatic hydroxyl groups excluding tert-OH is 2. The zero-order valence-electron chi connectivity index (χ0n) is 6.69. The van der Waals surface area contributed by atoms with Gasteiger partial charge in [0.15, 0.2) is 0 Å². The molecule has 72 valence electrons. The molecule has 1 aromatic heterocycles. The molecular weight excluding hydrogens is 197 g/mol. The largest absolute Gasteiger partial charge is 0.389 e. The Labute approximate surface area is 79.8 Å². The second-order valence-corrected chi connectivity index (χ2v) is 2.87. The average Bonchev–Trinajstić information content (AvgIpc) is 2.16. The summed E-state index contributed by atoms with van der Waals surface area (Å²) < 4.78 is 13.0. The fraction of sp³-hybridized carbons (Fsp3) is 0.375. The number of hydrogen-bond donors (Lipinski definition) is 2. The van der Waals surface area contributed by atoms with Crippen molar-refractivity contribution in [3.8, 4) is 0 Å². The van der Waals surface area contributed by atoms with Crippen LogP contribution < -0.4 is 0 Å². The van der Waals surface area contributed by atoms with Crippen LogP contribution in [-0.4, -0.2) is 27.2 Å². The molecule has 0 saturated carbocycles. The van der Waals surface area contributed by atoms with Gasteiger partial charge < -0.3 is 10.2 Å². The molecular formula is C8H9ClFNO2. The van der Waals surface area contributed by atoms with Crippen LogP contribution in [0.5, 0.6) is 0 Å². The first kappa shape index (κ1) is 10.4. The van der Waals surface area contributed by atoms with E-state index < -0.39 is 18.0 Å². The highest BCUT2D eigenvalue weighted by molar-refractivity contribution is 6.18. The van der Waals surface area contributed by atoms with Crippen LogP contribution in [0, 0.1) is 5.82 Å². The molecule has 0 bridgehead atoms. The van der Waals surface area contributed by atoms with Crippen LogP contribution in [0.15, 0.2) is 18.5 Å².